The minimum absolute atomic E-state index is 0.0492. The molecule has 1 aromatic rings. The van der Waals surface area contributed by atoms with Crippen molar-refractivity contribution in [1.82, 2.24) is 9.80 Å². The number of amides is 2. The largest absolute Gasteiger partial charge is 0.494 e. The second kappa shape index (κ2) is 9.25. The molecule has 5 nitrogen and oxygen atoms in total. The minimum Gasteiger partial charge on any atom is -0.494 e. The molecule has 1 heterocycles. The number of hydrogen-bond donors (Lipinski definition) is 0. The van der Waals surface area contributed by atoms with Gasteiger partial charge in [-0.25, -0.2) is 0 Å². The van der Waals surface area contributed by atoms with Crippen LogP contribution in [0.15, 0.2) is 18.2 Å². The van der Waals surface area contributed by atoms with Gasteiger partial charge in [0, 0.05) is 37.7 Å². The van der Waals surface area contributed by atoms with E-state index in [-0.39, 0.29) is 11.8 Å². The highest BCUT2D eigenvalue weighted by atomic mass is 16.5. The Morgan fingerprint density at radius 1 is 1.00 bits per heavy atom. The Bertz CT molecular complexity index is 668. The Kier molecular flexibility index (Phi) is 6.75. The lowest BCUT2D eigenvalue weighted by Crippen LogP contribution is -2.40. The second-order valence-corrected chi connectivity index (χ2v) is 7.72. The smallest absolute Gasteiger partial charge is 0.253 e. The standard InChI is InChI=1S/C22H32N2O3/c1-3-27-20-11-10-19(16-17(20)2)22(26)24-13-7-12-23(14-15-24)21(25)18-8-5-4-6-9-18/h10-11,16,18H,3-9,12-15H2,1-2H3. The SMILES string of the molecule is CCOc1ccc(C(=O)N2CCCN(C(=O)C3CCCCC3)CC2)cc1C. The van der Waals surface area contributed by atoms with Crippen molar-refractivity contribution in [2.75, 3.05) is 32.8 Å². The molecular formula is C22H32N2O3. The number of hydrogen-bond acceptors (Lipinski definition) is 3. The zero-order valence-corrected chi connectivity index (χ0v) is 16.7. The second-order valence-electron chi connectivity index (χ2n) is 7.72. The number of aryl methyl sites for hydroxylation is 1. The summed E-state index contributed by atoms with van der Waals surface area (Å²) in [6.45, 7) is 7.28. The fourth-order valence-corrected chi connectivity index (χ4v) is 4.23. The number of carbonyl (C=O) groups excluding carboxylic acids is 2. The van der Waals surface area contributed by atoms with Crippen molar-refractivity contribution in [2.45, 2.75) is 52.4 Å². The van der Waals surface area contributed by atoms with Crippen LogP contribution in [0.1, 0.15) is 61.4 Å². The Morgan fingerprint density at radius 2 is 1.70 bits per heavy atom. The van der Waals surface area contributed by atoms with Crippen LogP contribution in [0.2, 0.25) is 0 Å². The van der Waals surface area contributed by atoms with E-state index in [4.69, 9.17) is 4.74 Å². The number of nitrogens with zero attached hydrogens (tertiary/aromatic N) is 2. The topological polar surface area (TPSA) is 49.9 Å². The molecule has 0 radical (unpaired) electrons. The zero-order valence-electron chi connectivity index (χ0n) is 16.7. The molecular weight excluding hydrogens is 340 g/mol. The average Bonchev–Trinajstić information content (AvgIpc) is 2.95. The molecule has 0 aromatic heterocycles. The Labute approximate surface area is 162 Å². The zero-order chi connectivity index (χ0) is 19.2. The average molecular weight is 373 g/mol. The summed E-state index contributed by atoms with van der Waals surface area (Å²) in [6, 6.07) is 5.63. The van der Waals surface area contributed by atoms with Crippen LogP contribution < -0.4 is 4.74 Å². The van der Waals surface area contributed by atoms with Crippen molar-refractivity contribution < 1.29 is 14.3 Å². The Morgan fingerprint density at radius 3 is 2.41 bits per heavy atom. The van der Waals surface area contributed by atoms with Gasteiger partial charge in [-0.1, -0.05) is 19.3 Å². The molecule has 27 heavy (non-hydrogen) atoms. The molecule has 1 aliphatic carbocycles. The predicted octanol–water partition coefficient (Wildman–Crippen LogP) is 3.65. The van der Waals surface area contributed by atoms with Gasteiger partial charge in [-0.15, -0.1) is 0 Å². The van der Waals surface area contributed by atoms with Gasteiger partial charge < -0.3 is 14.5 Å². The monoisotopic (exact) mass is 372 g/mol. The maximum atomic E-state index is 12.9. The van der Waals surface area contributed by atoms with E-state index in [1.165, 1.54) is 19.3 Å². The van der Waals surface area contributed by atoms with Crippen LogP contribution in [-0.4, -0.2) is 54.4 Å². The molecule has 1 aliphatic heterocycles. The fourth-order valence-electron chi connectivity index (χ4n) is 4.23. The number of ether oxygens (including phenoxy) is 1. The van der Waals surface area contributed by atoms with Crippen LogP contribution in [-0.2, 0) is 4.79 Å². The number of rotatable bonds is 4. The molecule has 5 heteroatoms. The van der Waals surface area contributed by atoms with Gasteiger partial charge in [-0.2, -0.15) is 0 Å². The molecule has 0 atom stereocenters. The van der Waals surface area contributed by atoms with Gasteiger partial charge in [0.25, 0.3) is 5.91 Å². The van der Waals surface area contributed by atoms with Gasteiger partial charge in [0.1, 0.15) is 5.75 Å². The highest BCUT2D eigenvalue weighted by Crippen LogP contribution is 2.26. The summed E-state index contributed by atoms with van der Waals surface area (Å²) in [6.07, 6.45) is 6.51. The fraction of sp³-hybridized carbons (Fsp3) is 0.636. The highest BCUT2D eigenvalue weighted by Gasteiger charge is 2.28. The third-order valence-corrected chi connectivity index (χ3v) is 5.77. The third kappa shape index (κ3) is 4.82. The van der Waals surface area contributed by atoms with Crippen molar-refractivity contribution in [3.8, 4) is 5.75 Å². The lowest BCUT2D eigenvalue weighted by molar-refractivity contribution is -0.136. The van der Waals surface area contributed by atoms with Crippen molar-refractivity contribution in [3.63, 3.8) is 0 Å². The normalized spacial score (nSPS) is 18.9. The molecule has 1 saturated heterocycles. The lowest BCUT2D eigenvalue weighted by atomic mass is 9.88. The summed E-state index contributed by atoms with van der Waals surface area (Å²) >= 11 is 0. The number of benzene rings is 1. The molecule has 3 rings (SSSR count). The van der Waals surface area contributed by atoms with E-state index in [0.29, 0.717) is 37.7 Å². The molecule has 0 bridgehead atoms. The van der Waals surface area contributed by atoms with Crippen LogP contribution in [0, 0.1) is 12.8 Å². The molecule has 148 valence electrons. The van der Waals surface area contributed by atoms with E-state index in [9.17, 15) is 9.59 Å². The van der Waals surface area contributed by atoms with Crippen LogP contribution in [0.5, 0.6) is 5.75 Å². The van der Waals surface area contributed by atoms with Crippen molar-refractivity contribution >= 4 is 11.8 Å². The van der Waals surface area contributed by atoms with Gasteiger partial charge in [-0.3, -0.25) is 9.59 Å². The van der Waals surface area contributed by atoms with Crippen LogP contribution in [0.25, 0.3) is 0 Å². The quantitative estimate of drug-likeness (QED) is 0.811. The maximum Gasteiger partial charge on any atom is 0.253 e. The van der Waals surface area contributed by atoms with Crippen LogP contribution in [0.4, 0.5) is 0 Å². The molecule has 0 unspecified atom stereocenters. The van der Waals surface area contributed by atoms with Gasteiger partial charge in [-0.05, 0) is 56.9 Å². The van der Waals surface area contributed by atoms with Crippen molar-refractivity contribution in [3.05, 3.63) is 29.3 Å². The summed E-state index contributed by atoms with van der Waals surface area (Å²) in [5, 5.41) is 0. The predicted molar refractivity (Wildman–Crippen MR) is 106 cm³/mol. The number of carbonyl (C=O) groups is 2. The molecule has 0 spiro atoms. The van der Waals surface area contributed by atoms with Crippen LogP contribution in [0.3, 0.4) is 0 Å². The molecule has 2 aliphatic rings. The summed E-state index contributed by atoms with van der Waals surface area (Å²) < 4.78 is 5.57. The lowest BCUT2D eigenvalue weighted by Gasteiger charge is -2.28. The maximum absolute atomic E-state index is 12.9. The highest BCUT2D eigenvalue weighted by molar-refractivity contribution is 5.94. The van der Waals surface area contributed by atoms with E-state index in [2.05, 4.69) is 0 Å². The Balaban J connectivity index is 1.61. The van der Waals surface area contributed by atoms with Crippen molar-refractivity contribution in [1.29, 1.82) is 0 Å². The van der Waals surface area contributed by atoms with Crippen molar-refractivity contribution in [2.24, 2.45) is 5.92 Å². The summed E-state index contributed by atoms with van der Waals surface area (Å²) in [7, 11) is 0. The molecule has 1 saturated carbocycles. The minimum atomic E-state index is 0.0492. The van der Waals surface area contributed by atoms with Gasteiger partial charge >= 0.3 is 0 Å². The van der Waals surface area contributed by atoms with E-state index in [1.54, 1.807) is 0 Å². The first-order chi connectivity index (χ1) is 13.1. The molecule has 2 amide bonds. The summed E-state index contributed by atoms with van der Waals surface area (Å²) in [4.78, 5) is 29.6. The van der Waals surface area contributed by atoms with Gasteiger partial charge in [0.05, 0.1) is 6.61 Å². The van der Waals surface area contributed by atoms with Gasteiger partial charge in [0.2, 0.25) is 5.91 Å². The van der Waals surface area contributed by atoms with Crippen LogP contribution >= 0.6 is 0 Å². The summed E-state index contributed by atoms with van der Waals surface area (Å²) in [5.41, 5.74) is 1.68. The first-order valence-electron chi connectivity index (χ1n) is 10.4. The first-order valence-corrected chi connectivity index (χ1v) is 10.4. The molecule has 0 N–H and O–H groups in total. The van der Waals surface area contributed by atoms with E-state index >= 15 is 0 Å². The Hall–Kier alpha value is -2.04. The molecule has 1 aromatic carbocycles. The van der Waals surface area contributed by atoms with E-state index in [1.807, 2.05) is 41.8 Å². The molecule has 2 fully saturated rings. The third-order valence-electron chi connectivity index (χ3n) is 5.77. The summed E-state index contributed by atoms with van der Waals surface area (Å²) in [5.74, 6) is 1.39. The van der Waals surface area contributed by atoms with Gasteiger partial charge in [0.15, 0.2) is 0 Å². The van der Waals surface area contributed by atoms with E-state index in [0.717, 1.165) is 37.1 Å². The first kappa shape index (κ1) is 19.7. The van der Waals surface area contributed by atoms with E-state index < -0.39 is 0 Å².